The zero-order chi connectivity index (χ0) is 28.0. The number of carbonyl (C=O) groups excluding carboxylic acids is 1. The van der Waals surface area contributed by atoms with Gasteiger partial charge in [0.2, 0.25) is 5.91 Å². The first kappa shape index (κ1) is 25.8. The van der Waals surface area contributed by atoms with Gasteiger partial charge in [0.25, 0.3) is 0 Å². The van der Waals surface area contributed by atoms with Gasteiger partial charge in [0.1, 0.15) is 11.9 Å². The molecule has 204 valence electrons. The normalized spacial score (nSPS) is 22.7. The van der Waals surface area contributed by atoms with Gasteiger partial charge < -0.3 is 10.2 Å². The van der Waals surface area contributed by atoms with E-state index >= 15 is 0 Å². The number of aryl methyl sites for hydroxylation is 1. The molecule has 3 unspecified atom stereocenters. The van der Waals surface area contributed by atoms with Gasteiger partial charge in [-0.2, -0.15) is 15.5 Å². The Hall–Kier alpha value is -4.45. The van der Waals surface area contributed by atoms with Gasteiger partial charge >= 0.3 is 0 Å². The van der Waals surface area contributed by atoms with E-state index in [1.54, 1.807) is 21.5 Å². The van der Waals surface area contributed by atoms with Crippen LogP contribution in [0.1, 0.15) is 38.7 Å². The molecule has 2 fully saturated rings. The van der Waals surface area contributed by atoms with Crippen LogP contribution >= 0.6 is 0 Å². The Morgan fingerprint density at radius 3 is 2.55 bits per heavy atom. The Balaban J connectivity index is 1.30. The first-order valence-electron chi connectivity index (χ1n) is 13.9. The molecule has 1 aliphatic carbocycles. The van der Waals surface area contributed by atoms with Crippen molar-refractivity contribution in [2.75, 3.05) is 18.0 Å². The molecule has 2 aliphatic rings. The highest BCUT2D eigenvalue weighted by atomic mass is 16.2. The molecule has 1 amide bonds. The summed E-state index contributed by atoms with van der Waals surface area (Å²) in [6.45, 7) is 9.62. The minimum Gasteiger partial charge on any atom is -0.356 e. The van der Waals surface area contributed by atoms with E-state index in [9.17, 15) is 10.1 Å². The maximum absolute atomic E-state index is 12.8. The number of hydrogen-bond donors (Lipinski definition) is 1. The predicted molar refractivity (Wildman–Crippen MR) is 154 cm³/mol. The van der Waals surface area contributed by atoms with Crippen LogP contribution in [0, 0.1) is 29.1 Å². The summed E-state index contributed by atoms with van der Waals surface area (Å²) in [5, 5.41) is 21.9. The van der Waals surface area contributed by atoms with Crippen LogP contribution in [0.2, 0.25) is 0 Å². The number of hydrogen-bond acceptors (Lipinski definition) is 6. The van der Waals surface area contributed by atoms with Crippen LogP contribution in [-0.4, -0.2) is 48.9 Å². The summed E-state index contributed by atoms with van der Waals surface area (Å²) in [5.74, 6) is 1.56. The zero-order valence-electron chi connectivity index (χ0n) is 23.2. The lowest BCUT2D eigenvalue weighted by atomic mass is 9.74. The molecular weight excluding hydrogens is 500 g/mol. The Kier molecular flexibility index (Phi) is 6.41. The molecule has 6 rings (SSSR count). The van der Waals surface area contributed by atoms with Crippen LogP contribution in [0.5, 0.6) is 0 Å². The number of rotatable bonds is 7. The number of piperidine rings is 1. The average molecular weight is 535 g/mol. The minimum atomic E-state index is -0.199. The molecular formula is C31H34N8O. The second-order valence-corrected chi connectivity index (χ2v) is 11.2. The van der Waals surface area contributed by atoms with Crippen molar-refractivity contribution in [2.45, 2.75) is 38.6 Å². The van der Waals surface area contributed by atoms with Crippen molar-refractivity contribution in [3.63, 3.8) is 0 Å². The highest BCUT2D eigenvalue weighted by Crippen LogP contribution is 2.48. The molecule has 4 aromatic rings. The number of fused-ring (bicyclic) bond motifs is 3. The van der Waals surface area contributed by atoms with E-state index in [-0.39, 0.29) is 17.4 Å². The molecule has 9 nitrogen and oxygen atoms in total. The summed E-state index contributed by atoms with van der Waals surface area (Å²) < 4.78 is 3.53. The third-order valence-electron chi connectivity index (χ3n) is 9.06. The molecule has 0 radical (unpaired) electrons. The van der Waals surface area contributed by atoms with E-state index in [1.165, 1.54) is 0 Å². The average Bonchev–Trinajstić information content (AvgIpc) is 3.64. The van der Waals surface area contributed by atoms with E-state index < -0.39 is 0 Å². The van der Waals surface area contributed by atoms with Crippen LogP contribution in [-0.2, 0) is 11.8 Å². The van der Waals surface area contributed by atoms with Crippen molar-refractivity contribution in [3.8, 4) is 28.3 Å². The van der Waals surface area contributed by atoms with Crippen molar-refractivity contribution in [1.82, 2.24) is 29.7 Å². The SMILES string of the molecule is C=CC(C)C(=O)NC1(CC)C2CCC1CN(c1ccc(-c3cc(-c4cnn(C)c4)cn4ncc(C#N)c34)cn1)C2. The molecule has 40 heavy (non-hydrogen) atoms. The van der Waals surface area contributed by atoms with Gasteiger partial charge in [-0.3, -0.25) is 9.48 Å². The van der Waals surface area contributed by atoms with E-state index in [0.29, 0.717) is 17.4 Å². The maximum Gasteiger partial charge on any atom is 0.227 e. The van der Waals surface area contributed by atoms with Crippen LogP contribution in [0.15, 0.2) is 61.8 Å². The molecule has 1 saturated heterocycles. The van der Waals surface area contributed by atoms with Gasteiger partial charge in [-0.25, -0.2) is 9.50 Å². The lowest BCUT2D eigenvalue weighted by Gasteiger charge is -2.48. The summed E-state index contributed by atoms with van der Waals surface area (Å²) in [6.07, 6.45) is 14.1. The predicted octanol–water partition coefficient (Wildman–Crippen LogP) is 4.60. The standard InChI is InChI=1S/C31H34N8O/c1-5-20(3)30(40)36-31(6-2)25-8-9-26(31)19-38(18-25)28-10-7-21(13-33-28)27-11-22(24-15-34-37(4)16-24)17-39-29(27)23(12-32)14-35-39/h5,7,10-11,13-17,20,25-26H,1,6,8-9,18-19H2,2-4H3,(H,36,40). The number of anilines is 1. The van der Waals surface area contributed by atoms with Crippen molar-refractivity contribution >= 4 is 17.2 Å². The summed E-state index contributed by atoms with van der Waals surface area (Å²) in [7, 11) is 1.89. The highest BCUT2D eigenvalue weighted by Gasteiger charge is 2.53. The number of amides is 1. The number of nitrogens with zero attached hydrogens (tertiary/aromatic N) is 7. The molecule has 3 atom stereocenters. The van der Waals surface area contributed by atoms with Gasteiger partial charge in [-0.1, -0.05) is 19.9 Å². The van der Waals surface area contributed by atoms with Gasteiger partial charge in [0.05, 0.1) is 29.4 Å². The molecule has 9 heteroatoms. The van der Waals surface area contributed by atoms with Crippen molar-refractivity contribution in [3.05, 3.63) is 67.4 Å². The fourth-order valence-corrected chi connectivity index (χ4v) is 6.76. The second-order valence-electron chi connectivity index (χ2n) is 11.2. The summed E-state index contributed by atoms with van der Waals surface area (Å²) in [4.78, 5) is 20.1. The van der Waals surface area contributed by atoms with E-state index in [1.807, 2.05) is 38.8 Å². The quantitative estimate of drug-likeness (QED) is 0.348. The molecule has 4 aromatic heterocycles. The summed E-state index contributed by atoms with van der Waals surface area (Å²) >= 11 is 0. The molecule has 1 aliphatic heterocycles. The van der Waals surface area contributed by atoms with E-state index in [0.717, 1.165) is 65.9 Å². The van der Waals surface area contributed by atoms with Crippen LogP contribution in [0.4, 0.5) is 5.82 Å². The third kappa shape index (κ3) is 4.15. The Morgan fingerprint density at radius 1 is 1.18 bits per heavy atom. The smallest absolute Gasteiger partial charge is 0.227 e. The molecule has 1 N–H and O–H groups in total. The first-order chi connectivity index (χ1) is 19.4. The minimum absolute atomic E-state index is 0.0705. The third-order valence-corrected chi connectivity index (χ3v) is 9.06. The number of nitrogens with one attached hydrogen (secondary N) is 1. The molecule has 5 heterocycles. The summed E-state index contributed by atoms with van der Waals surface area (Å²) in [5.41, 5.74) is 4.87. The van der Waals surface area contributed by atoms with Gasteiger partial charge in [-0.15, -0.1) is 6.58 Å². The number of pyridine rings is 2. The monoisotopic (exact) mass is 534 g/mol. The van der Waals surface area contributed by atoms with Crippen LogP contribution < -0.4 is 10.2 Å². The summed E-state index contributed by atoms with van der Waals surface area (Å²) in [6, 6.07) is 8.51. The molecule has 0 aromatic carbocycles. The van der Waals surface area contributed by atoms with Gasteiger partial charge in [0.15, 0.2) is 0 Å². The van der Waals surface area contributed by atoms with Gasteiger partial charge in [-0.05, 0) is 49.3 Å². The van der Waals surface area contributed by atoms with E-state index in [2.05, 4.69) is 58.2 Å². The van der Waals surface area contributed by atoms with Crippen molar-refractivity contribution in [1.29, 1.82) is 5.26 Å². The fraction of sp³-hybridized carbons (Fsp3) is 0.387. The topological polar surface area (TPSA) is 104 Å². The van der Waals surface area contributed by atoms with Crippen LogP contribution in [0.25, 0.3) is 27.8 Å². The molecule has 0 spiro atoms. The lowest BCUT2D eigenvalue weighted by molar-refractivity contribution is -0.126. The molecule has 2 bridgehead atoms. The lowest BCUT2D eigenvalue weighted by Crippen LogP contribution is -2.63. The number of nitriles is 1. The highest BCUT2D eigenvalue weighted by molar-refractivity contribution is 5.87. The first-order valence-corrected chi connectivity index (χ1v) is 13.9. The Morgan fingerprint density at radius 2 is 1.95 bits per heavy atom. The Labute approximate surface area is 234 Å². The maximum atomic E-state index is 12.8. The van der Waals surface area contributed by atoms with Crippen LogP contribution in [0.3, 0.4) is 0 Å². The van der Waals surface area contributed by atoms with Gasteiger partial charge in [0, 0.05) is 66.5 Å². The van der Waals surface area contributed by atoms with Crippen molar-refractivity contribution in [2.24, 2.45) is 24.8 Å². The largest absolute Gasteiger partial charge is 0.356 e. The number of aromatic nitrogens is 5. The fourth-order valence-electron chi connectivity index (χ4n) is 6.76. The van der Waals surface area contributed by atoms with Crippen molar-refractivity contribution < 1.29 is 4.79 Å². The second kappa shape index (κ2) is 9.94. The molecule has 1 saturated carbocycles. The van der Waals surface area contributed by atoms with E-state index in [4.69, 9.17) is 4.98 Å². The zero-order valence-corrected chi connectivity index (χ0v) is 23.2. The Bertz CT molecular complexity index is 1610. The number of carbonyl (C=O) groups is 1.